The molecule has 2 N–H and O–H groups in total. The van der Waals surface area contributed by atoms with E-state index in [1.165, 1.54) is 30.3 Å². The highest BCUT2D eigenvalue weighted by Crippen LogP contribution is 2.26. The normalized spacial score (nSPS) is 15.9. The van der Waals surface area contributed by atoms with Gasteiger partial charge in [0.2, 0.25) is 5.79 Å². The number of benzene rings is 1. The van der Waals surface area contributed by atoms with E-state index in [9.17, 15) is 15.0 Å². The van der Waals surface area contributed by atoms with Gasteiger partial charge in [0.15, 0.2) is 6.10 Å². The molecule has 0 heterocycles. The largest absolute Gasteiger partial charge is 0.373 e. The number of nitrogens with zero attached hydrogens (tertiary/aromatic N) is 1. The Morgan fingerprint density at radius 2 is 2.31 bits per heavy atom. The summed E-state index contributed by atoms with van der Waals surface area (Å²) < 4.78 is 4.74. The maximum atomic E-state index is 10.6. The summed E-state index contributed by atoms with van der Waals surface area (Å²) in [5, 5.41) is 27.9. The van der Waals surface area contributed by atoms with Gasteiger partial charge in [-0.1, -0.05) is 18.2 Å². The van der Waals surface area contributed by atoms with Crippen molar-refractivity contribution in [1.82, 2.24) is 0 Å². The van der Waals surface area contributed by atoms with Crippen molar-refractivity contribution in [3.63, 3.8) is 0 Å². The predicted molar refractivity (Wildman–Crippen MR) is 54.4 cm³/mol. The van der Waals surface area contributed by atoms with Crippen LogP contribution in [0.25, 0.3) is 0 Å². The number of nitriles is 1. The third-order valence-corrected chi connectivity index (χ3v) is 2.24. The zero-order valence-corrected chi connectivity index (χ0v) is 8.62. The van der Waals surface area contributed by atoms with E-state index in [4.69, 9.17) is 10.00 Å². The lowest BCUT2D eigenvalue weighted by molar-refractivity contribution is -0.237. The van der Waals surface area contributed by atoms with Crippen LogP contribution in [-0.4, -0.2) is 29.7 Å². The molecule has 0 fully saturated rings. The van der Waals surface area contributed by atoms with Gasteiger partial charge in [0, 0.05) is 18.2 Å². The summed E-state index contributed by atoms with van der Waals surface area (Å²) in [5.41, 5.74) is 0.465. The third kappa shape index (κ3) is 2.09. The van der Waals surface area contributed by atoms with Crippen LogP contribution in [0.5, 0.6) is 0 Å². The van der Waals surface area contributed by atoms with Gasteiger partial charge in [0.05, 0.1) is 0 Å². The van der Waals surface area contributed by atoms with Gasteiger partial charge in [-0.25, -0.2) is 0 Å². The molecule has 0 amide bonds. The highest BCUT2D eigenvalue weighted by atomic mass is 16.6. The van der Waals surface area contributed by atoms with Gasteiger partial charge < -0.3 is 14.9 Å². The van der Waals surface area contributed by atoms with Gasteiger partial charge in [-0.05, 0) is 6.07 Å². The lowest BCUT2D eigenvalue weighted by Gasteiger charge is -2.28. The molecule has 1 aromatic carbocycles. The van der Waals surface area contributed by atoms with Crippen LogP contribution in [0.15, 0.2) is 24.3 Å². The molecule has 0 aromatic heterocycles. The zero-order valence-electron chi connectivity index (χ0n) is 8.62. The van der Waals surface area contributed by atoms with Crippen molar-refractivity contribution in [2.24, 2.45) is 0 Å². The van der Waals surface area contributed by atoms with E-state index >= 15 is 0 Å². The molecule has 0 saturated heterocycles. The highest BCUT2D eigenvalue weighted by molar-refractivity contribution is 5.75. The number of aliphatic hydroxyl groups is 2. The summed E-state index contributed by atoms with van der Waals surface area (Å²) in [6, 6.07) is 7.34. The molecule has 5 heteroatoms. The monoisotopic (exact) mass is 221 g/mol. The lowest BCUT2D eigenvalue weighted by atomic mass is 9.99. The standard InChI is InChI=1S/C11H11NO4/c1-16-11(15,10(14)6-12)9-4-2-3-8(5-9)7-13/h2-5,7,10,14-15H,1H3. The molecule has 0 spiro atoms. The van der Waals surface area contributed by atoms with E-state index in [1.807, 2.05) is 0 Å². The van der Waals surface area contributed by atoms with Gasteiger partial charge >= 0.3 is 0 Å². The minimum absolute atomic E-state index is 0.147. The van der Waals surface area contributed by atoms with Crippen molar-refractivity contribution in [2.75, 3.05) is 7.11 Å². The van der Waals surface area contributed by atoms with Crippen LogP contribution < -0.4 is 0 Å². The number of rotatable bonds is 4. The second-order valence-electron chi connectivity index (χ2n) is 3.18. The summed E-state index contributed by atoms with van der Waals surface area (Å²) in [6.45, 7) is 0. The quantitative estimate of drug-likeness (QED) is 0.430. The Kier molecular flexibility index (Phi) is 3.74. The fourth-order valence-corrected chi connectivity index (χ4v) is 1.31. The number of aldehydes is 1. The Labute approximate surface area is 92.5 Å². The molecule has 0 radical (unpaired) electrons. The first-order valence-electron chi connectivity index (χ1n) is 4.49. The van der Waals surface area contributed by atoms with Crippen LogP contribution in [-0.2, 0) is 10.5 Å². The van der Waals surface area contributed by atoms with Gasteiger partial charge in [-0.3, -0.25) is 4.79 Å². The summed E-state index contributed by atoms with van der Waals surface area (Å²) in [6.07, 6.45) is -1.14. The number of ether oxygens (including phenoxy) is 1. The SMILES string of the molecule is COC(O)(c1cccc(C=O)c1)C(O)C#N. The average Bonchev–Trinajstić information content (AvgIpc) is 2.36. The Hall–Kier alpha value is -1.74. The molecule has 2 atom stereocenters. The van der Waals surface area contributed by atoms with E-state index in [1.54, 1.807) is 0 Å². The second kappa shape index (κ2) is 4.86. The fourth-order valence-electron chi connectivity index (χ4n) is 1.31. The van der Waals surface area contributed by atoms with E-state index in [0.29, 0.717) is 11.8 Å². The number of aliphatic hydroxyl groups excluding tert-OH is 1. The zero-order chi connectivity index (χ0) is 12.2. The number of hydrogen-bond acceptors (Lipinski definition) is 5. The number of hydrogen-bond donors (Lipinski definition) is 2. The molecule has 1 aromatic rings. The molecule has 0 aliphatic carbocycles. The molecular formula is C11H11NO4. The van der Waals surface area contributed by atoms with Crippen molar-refractivity contribution < 1.29 is 19.7 Å². The molecule has 2 unspecified atom stereocenters. The van der Waals surface area contributed by atoms with E-state index in [0.717, 1.165) is 7.11 Å². The van der Waals surface area contributed by atoms with Crippen LogP contribution in [0.1, 0.15) is 15.9 Å². The molecule has 1 rings (SSSR count). The van der Waals surface area contributed by atoms with Gasteiger partial charge in [-0.2, -0.15) is 5.26 Å². The van der Waals surface area contributed by atoms with Gasteiger partial charge in [-0.15, -0.1) is 0 Å². The maximum Gasteiger partial charge on any atom is 0.233 e. The average molecular weight is 221 g/mol. The maximum absolute atomic E-state index is 10.6. The summed E-state index contributed by atoms with van der Waals surface area (Å²) in [7, 11) is 1.16. The smallest absolute Gasteiger partial charge is 0.233 e. The van der Waals surface area contributed by atoms with Crippen molar-refractivity contribution in [3.05, 3.63) is 35.4 Å². The Bertz CT molecular complexity index is 426. The molecule has 0 saturated carbocycles. The van der Waals surface area contributed by atoms with Crippen LogP contribution in [0, 0.1) is 11.3 Å². The van der Waals surface area contributed by atoms with Crippen LogP contribution >= 0.6 is 0 Å². The first kappa shape index (κ1) is 12.3. The number of carbonyl (C=O) groups excluding carboxylic acids is 1. The molecular weight excluding hydrogens is 210 g/mol. The summed E-state index contributed by atoms with van der Waals surface area (Å²) >= 11 is 0. The van der Waals surface area contributed by atoms with E-state index in [2.05, 4.69) is 0 Å². The van der Waals surface area contributed by atoms with Crippen LogP contribution in [0.3, 0.4) is 0 Å². The first-order chi connectivity index (χ1) is 7.58. The Morgan fingerprint density at radius 3 is 2.81 bits per heavy atom. The predicted octanol–water partition coefficient (Wildman–Crippen LogP) is 0.175. The summed E-state index contributed by atoms with van der Waals surface area (Å²) in [4.78, 5) is 10.6. The first-order valence-corrected chi connectivity index (χ1v) is 4.49. The molecule has 16 heavy (non-hydrogen) atoms. The van der Waals surface area contributed by atoms with Crippen LogP contribution in [0.4, 0.5) is 0 Å². The van der Waals surface area contributed by atoms with Crippen molar-refractivity contribution >= 4 is 6.29 Å². The number of methoxy groups -OCH3 is 1. The molecule has 0 bridgehead atoms. The summed E-state index contributed by atoms with van der Waals surface area (Å²) in [5.74, 6) is -2.13. The molecule has 0 aliphatic rings. The van der Waals surface area contributed by atoms with E-state index < -0.39 is 11.9 Å². The minimum atomic E-state index is -2.13. The molecule has 84 valence electrons. The van der Waals surface area contributed by atoms with Crippen LogP contribution in [0.2, 0.25) is 0 Å². The lowest BCUT2D eigenvalue weighted by Crippen LogP contribution is -2.40. The van der Waals surface area contributed by atoms with Crippen molar-refractivity contribution in [1.29, 1.82) is 5.26 Å². The highest BCUT2D eigenvalue weighted by Gasteiger charge is 2.38. The fraction of sp³-hybridized carbons (Fsp3) is 0.273. The molecule has 5 nitrogen and oxygen atoms in total. The second-order valence-corrected chi connectivity index (χ2v) is 3.18. The Balaban J connectivity index is 3.22. The molecule has 0 aliphatic heterocycles. The topological polar surface area (TPSA) is 90.6 Å². The van der Waals surface area contributed by atoms with Gasteiger partial charge in [0.1, 0.15) is 12.4 Å². The third-order valence-electron chi connectivity index (χ3n) is 2.24. The van der Waals surface area contributed by atoms with E-state index in [-0.39, 0.29) is 5.56 Å². The number of carbonyl (C=O) groups is 1. The van der Waals surface area contributed by atoms with Gasteiger partial charge in [0.25, 0.3) is 0 Å². The van der Waals surface area contributed by atoms with Crippen molar-refractivity contribution in [2.45, 2.75) is 11.9 Å². The van der Waals surface area contributed by atoms with Crippen molar-refractivity contribution in [3.8, 4) is 6.07 Å². The minimum Gasteiger partial charge on any atom is -0.373 e. The Morgan fingerprint density at radius 1 is 1.62 bits per heavy atom.